The minimum atomic E-state index is -1.58. The van der Waals surface area contributed by atoms with E-state index in [1.807, 2.05) is 0 Å². The summed E-state index contributed by atoms with van der Waals surface area (Å²) in [5.41, 5.74) is 0. The van der Waals surface area contributed by atoms with Gasteiger partial charge in [0.1, 0.15) is 0 Å². The van der Waals surface area contributed by atoms with Gasteiger partial charge in [0.2, 0.25) is 0 Å². The van der Waals surface area contributed by atoms with Gasteiger partial charge >= 0.3 is 0 Å². The first kappa shape index (κ1) is 10.1. The van der Waals surface area contributed by atoms with Crippen molar-refractivity contribution in [1.82, 2.24) is 0 Å². The maximum Gasteiger partial charge on any atom is 0.0195 e. The van der Waals surface area contributed by atoms with Gasteiger partial charge in [0.05, 0.1) is 0 Å². The molecule has 0 saturated carbocycles. The molecule has 2 heteroatoms. The quantitative estimate of drug-likeness (QED) is 0.618. The molecule has 72 valence electrons. The number of hydrogen-bond acceptors (Lipinski definition) is 1. The Morgan fingerprint density at radius 1 is 1.50 bits per heavy atom. The molecule has 0 unspecified atom stereocenters. The molecule has 0 amide bonds. The van der Waals surface area contributed by atoms with Crippen LogP contribution < -0.4 is 0 Å². The first-order valence-electron chi connectivity index (χ1n) is 4.82. The van der Waals surface area contributed by atoms with Crippen molar-refractivity contribution in [2.45, 2.75) is 33.1 Å². The Bertz CT molecular complexity index is 214. The molecule has 1 fully saturated rings. The van der Waals surface area contributed by atoms with Gasteiger partial charge in [-0.15, -0.1) is 0 Å². The second-order valence-electron chi connectivity index (χ2n) is 4.49. The van der Waals surface area contributed by atoms with E-state index in [-0.39, 0.29) is 0 Å². The largest absolute Gasteiger partial charge is 0.268 e. The van der Waals surface area contributed by atoms with Crippen LogP contribution in [0.2, 0.25) is 0 Å². The molecule has 1 nitrogen and oxygen atoms in total. The highest BCUT2D eigenvalue weighted by Crippen LogP contribution is 2.24. The Kier molecular flexibility index (Phi) is 3.22. The van der Waals surface area contributed by atoms with Crippen molar-refractivity contribution >= 4 is 15.4 Å². The van der Waals surface area contributed by atoms with E-state index < -0.39 is 9.52 Å². The van der Waals surface area contributed by atoms with Crippen LogP contribution in [-0.4, -0.2) is 21.6 Å². The predicted octanol–water partition coefficient (Wildman–Crippen LogP) is 2.16. The van der Waals surface area contributed by atoms with Gasteiger partial charge in [-0.05, 0) is 33.6 Å². The summed E-state index contributed by atoms with van der Waals surface area (Å²) in [5, 5.41) is 0. The maximum absolute atomic E-state index is 11.2. The first-order valence-corrected chi connectivity index (χ1v) is 6.89. The van der Waals surface area contributed by atoms with Crippen molar-refractivity contribution in [2.75, 3.05) is 11.5 Å². The van der Waals surface area contributed by atoms with E-state index in [9.17, 15) is 4.21 Å². The number of hydrogen-bond donors (Lipinski definition) is 0. The standard InChI is InChI=1S/C10H20OS/c1-9(2)5-4-6-10-7-12(3,11)8-10/h9-10H,3-8H2,1-2H3. The van der Waals surface area contributed by atoms with Crippen molar-refractivity contribution in [3.63, 3.8) is 0 Å². The van der Waals surface area contributed by atoms with Crippen LogP contribution in [0.4, 0.5) is 0 Å². The molecule has 0 aliphatic carbocycles. The van der Waals surface area contributed by atoms with E-state index in [0.717, 1.165) is 23.3 Å². The lowest BCUT2D eigenvalue weighted by molar-refractivity contribution is 0.467. The van der Waals surface area contributed by atoms with Crippen LogP contribution in [0.3, 0.4) is 0 Å². The van der Waals surface area contributed by atoms with Gasteiger partial charge in [-0.1, -0.05) is 26.7 Å². The fourth-order valence-corrected chi connectivity index (χ4v) is 3.75. The highest BCUT2D eigenvalue weighted by Gasteiger charge is 2.27. The minimum Gasteiger partial charge on any atom is -0.268 e. The van der Waals surface area contributed by atoms with Gasteiger partial charge in [-0.2, -0.15) is 0 Å². The lowest BCUT2D eigenvalue weighted by Crippen LogP contribution is -2.35. The van der Waals surface area contributed by atoms with Gasteiger partial charge in [-0.3, -0.25) is 4.21 Å². The molecule has 1 heterocycles. The molecular weight excluding hydrogens is 168 g/mol. The van der Waals surface area contributed by atoms with Crippen molar-refractivity contribution in [3.05, 3.63) is 0 Å². The maximum atomic E-state index is 11.2. The molecule has 0 atom stereocenters. The molecule has 12 heavy (non-hydrogen) atoms. The second kappa shape index (κ2) is 3.82. The summed E-state index contributed by atoms with van der Waals surface area (Å²) < 4.78 is 11.2. The van der Waals surface area contributed by atoms with E-state index >= 15 is 0 Å². The zero-order valence-corrected chi connectivity index (χ0v) is 9.03. The van der Waals surface area contributed by atoms with Gasteiger partial charge in [0.15, 0.2) is 0 Å². The van der Waals surface area contributed by atoms with Gasteiger partial charge < -0.3 is 0 Å². The Morgan fingerprint density at radius 3 is 2.50 bits per heavy atom. The van der Waals surface area contributed by atoms with Crippen LogP contribution in [0.15, 0.2) is 0 Å². The van der Waals surface area contributed by atoms with E-state index in [4.69, 9.17) is 0 Å². The van der Waals surface area contributed by atoms with Gasteiger partial charge in [0, 0.05) is 11.5 Å². The first-order chi connectivity index (χ1) is 5.49. The third-order valence-corrected chi connectivity index (χ3v) is 4.63. The normalized spacial score (nSPS) is 35.1. The fraction of sp³-hybridized carbons (Fsp3) is 0.900. The van der Waals surface area contributed by atoms with Crippen LogP contribution >= 0.6 is 0 Å². The van der Waals surface area contributed by atoms with Crippen molar-refractivity contribution in [3.8, 4) is 0 Å². The summed E-state index contributed by atoms with van der Waals surface area (Å²) in [6, 6.07) is 0. The molecule has 1 saturated heterocycles. The molecule has 0 aromatic rings. The Hall–Kier alpha value is 0.0200. The highest BCUT2D eigenvalue weighted by molar-refractivity contribution is 8.01. The summed E-state index contributed by atoms with van der Waals surface area (Å²) in [7, 11) is -1.58. The van der Waals surface area contributed by atoms with Crippen molar-refractivity contribution < 1.29 is 4.21 Å². The topological polar surface area (TPSA) is 17.1 Å². The Balaban J connectivity index is 2.05. The number of rotatable bonds is 4. The van der Waals surface area contributed by atoms with Crippen LogP contribution in [0.1, 0.15) is 33.1 Å². The Morgan fingerprint density at radius 2 is 2.08 bits per heavy atom. The van der Waals surface area contributed by atoms with Crippen molar-refractivity contribution in [1.29, 1.82) is 0 Å². The average molecular weight is 188 g/mol. The molecule has 0 radical (unpaired) electrons. The average Bonchev–Trinajstić information content (AvgIpc) is 1.82. The summed E-state index contributed by atoms with van der Waals surface area (Å²) in [6.45, 7) is 4.51. The van der Waals surface area contributed by atoms with E-state index in [1.54, 1.807) is 0 Å². The lowest BCUT2D eigenvalue weighted by atomic mass is 10.0. The lowest BCUT2D eigenvalue weighted by Gasteiger charge is -2.30. The summed E-state index contributed by atoms with van der Waals surface area (Å²) in [4.78, 5) is 0. The third kappa shape index (κ3) is 3.18. The SMILES string of the molecule is C=S1(=O)CC(CCCC(C)C)C1. The summed E-state index contributed by atoms with van der Waals surface area (Å²) in [6.07, 6.45) is 3.89. The molecule has 0 aromatic heterocycles. The van der Waals surface area contributed by atoms with Crippen LogP contribution in [0, 0.1) is 11.8 Å². The zero-order valence-electron chi connectivity index (χ0n) is 8.21. The molecular formula is C10H20OS. The van der Waals surface area contributed by atoms with Crippen LogP contribution in [0.25, 0.3) is 0 Å². The highest BCUT2D eigenvalue weighted by atomic mass is 32.2. The van der Waals surface area contributed by atoms with Crippen LogP contribution in [-0.2, 0) is 9.52 Å². The van der Waals surface area contributed by atoms with Crippen LogP contribution in [0.5, 0.6) is 0 Å². The zero-order chi connectivity index (χ0) is 9.19. The predicted molar refractivity (Wildman–Crippen MR) is 57.2 cm³/mol. The molecule has 1 aliphatic rings. The molecule has 0 aromatic carbocycles. The molecule has 1 rings (SSSR count). The van der Waals surface area contributed by atoms with Crippen molar-refractivity contribution in [2.24, 2.45) is 11.8 Å². The molecule has 0 N–H and O–H groups in total. The molecule has 0 bridgehead atoms. The van der Waals surface area contributed by atoms with E-state index in [1.165, 1.54) is 19.3 Å². The van der Waals surface area contributed by atoms with E-state index in [2.05, 4.69) is 19.7 Å². The molecule has 1 aliphatic heterocycles. The molecule has 0 spiro atoms. The summed E-state index contributed by atoms with van der Waals surface area (Å²) >= 11 is 0. The fourth-order valence-electron chi connectivity index (χ4n) is 1.79. The third-order valence-electron chi connectivity index (χ3n) is 2.47. The second-order valence-corrected chi connectivity index (χ2v) is 7.09. The minimum absolute atomic E-state index is 0.730. The summed E-state index contributed by atoms with van der Waals surface area (Å²) in [5.74, 6) is 7.03. The van der Waals surface area contributed by atoms with Gasteiger partial charge in [-0.25, -0.2) is 0 Å². The van der Waals surface area contributed by atoms with E-state index in [0.29, 0.717) is 0 Å². The smallest absolute Gasteiger partial charge is 0.0195 e. The van der Waals surface area contributed by atoms with Gasteiger partial charge in [0.25, 0.3) is 0 Å². The Labute approximate surface area is 76.6 Å². The monoisotopic (exact) mass is 188 g/mol.